The Morgan fingerprint density at radius 1 is 0.523 bits per heavy atom. The van der Waals surface area contributed by atoms with Gasteiger partial charge < -0.3 is 4.57 Å². The third-order valence-electron chi connectivity index (χ3n) is 8.58. The minimum atomic E-state index is -2.98. The van der Waals surface area contributed by atoms with E-state index in [0.717, 1.165) is 54.6 Å². The number of hydrogen-bond donors (Lipinski definition) is 1. The molecule has 1 N–H and O–H groups in total. The summed E-state index contributed by atoms with van der Waals surface area (Å²) in [5.41, 5.74) is 6.39. The molecular weight excluding hydrogens is 574 g/mol. The van der Waals surface area contributed by atoms with Gasteiger partial charge in [-0.05, 0) is 52.9 Å². The summed E-state index contributed by atoms with van der Waals surface area (Å²) in [4.78, 5) is 12.5. The van der Waals surface area contributed by atoms with Gasteiger partial charge in [-0.25, -0.2) is 4.89 Å². The van der Waals surface area contributed by atoms with E-state index in [0.29, 0.717) is 12.3 Å². The predicted octanol–water partition coefficient (Wildman–Crippen LogP) is 8.92. The third-order valence-corrected chi connectivity index (χ3v) is 15.0. The lowest BCUT2D eigenvalue weighted by Crippen LogP contribution is -2.27. The van der Waals surface area contributed by atoms with Crippen molar-refractivity contribution in [2.75, 3.05) is 12.3 Å². The van der Waals surface area contributed by atoms with Crippen molar-refractivity contribution in [3.05, 3.63) is 158 Å². The standard InChI is InChI=1S/C40H37O2P2/c1-3-43(41,35-27-23-33(24-28-35)31-15-7-5-8-16-31)39-21-13-11-19-37(39)38-20-12-14-22-40(38)44(42,4-2)36-29-25-34(26-30-36)32-17-9-6-10-18-32/h5-30,41H,3-4H2,1-2H3/q+1. The lowest BCUT2D eigenvalue weighted by molar-refractivity contribution is 0.587. The minimum Gasteiger partial charge on any atom is -0.314 e. The van der Waals surface area contributed by atoms with Crippen LogP contribution in [0.5, 0.6) is 0 Å². The lowest BCUT2D eigenvalue weighted by Gasteiger charge is -2.25. The van der Waals surface area contributed by atoms with Gasteiger partial charge >= 0.3 is 0 Å². The first-order valence-electron chi connectivity index (χ1n) is 15.2. The Labute approximate surface area is 261 Å². The highest BCUT2D eigenvalue weighted by molar-refractivity contribution is 7.84. The average Bonchev–Trinajstić information content (AvgIpc) is 3.12. The molecule has 2 nitrogen and oxygen atoms in total. The zero-order chi connectivity index (χ0) is 30.6. The molecule has 0 saturated carbocycles. The van der Waals surface area contributed by atoms with Crippen LogP contribution in [0.25, 0.3) is 33.4 Å². The lowest BCUT2D eigenvalue weighted by atomic mass is 10.1. The summed E-state index contributed by atoms with van der Waals surface area (Å²) in [5.74, 6) is 0. The Morgan fingerprint density at radius 2 is 0.977 bits per heavy atom. The zero-order valence-corrected chi connectivity index (χ0v) is 27.0. The normalized spacial score (nSPS) is 14.0. The molecule has 2 atom stereocenters. The minimum absolute atomic E-state index is 0.505. The molecule has 0 spiro atoms. The number of rotatable bonds is 9. The fourth-order valence-corrected chi connectivity index (χ4v) is 11.2. The Bertz CT molecular complexity index is 1900. The first-order valence-corrected chi connectivity index (χ1v) is 19.0. The highest BCUT2D eigenvalue weighted by atomic mass is 31.2. The summed E-state index contributed by atoms with van der Waals surface area (Å²) >= 11 is 0. The molecule has 0 heterocycles. The van der Waals surface area contributed by atoms with Crippen molar-refractivity contribution < 1.29 is 9.46 Å². The Balaban J connectivity index is 1.43. The quantitative estimate of drug-likeness (QED) is 0.166. The second-order valence-corrected chi connectivity index (χ2v) is 17.3. The fourth-order valence-electron chi connectivity index (χ4n) is 6.08. The van der Waals surface area contributed by atoms with Crippen molar-refractivity contribution in [2.45, 2.75) is 13.8 Å². The summed E-state index contributed by atoms with van der Waals surface area (Å²) < 4.78 is 15.0. The highest BCUT2D eigenvalue weighted by Gasteiger charge is 2.42. The van der Waals surface area contributed by atoms with E-state index in [1.165, 1.54) is 0 Å². The van der Waals surface area contributed by atoms with Crippen molar-refractivity contribution in [3.63, 3.8) is 0 Å². The number of benzene rings is 6. The summed E-state index contributed by atoms with van der Waals surface area (Å²) in [6.45, 7) is 4.07. The molecule has 0 aliphatic carbocycles. The van der Waals surface area contributed by atoms with Gasteiger partial charge in [-0.3, -0.25) is 0 Å². The molecule has 4 heteroatoms. The van der Waals surface area contributed by atoms with E-state index < -0.39 is 14.6 Å². The molecule has 0 aliphatic rings. The first-order chi connectivity index (χ1) is 21.5. The second kappa shape index (κ2) is 12.9. The van der Waals surface area contributed by atoms with Gasteiger partial charge in [0.25, 0.3) is 0 Å². The largest absolute Gasteiger partial charge is 0.314 e. The molecule has 6 rings (SSSR count). The SMILES string of the molecule is CCP(=O)(c1ccc(-c2ccccc2)cc1)c1ccccc1-c1ccccc1[P+](O)(CC)c1ccc(-c2ccccc2)cc1. The van der Waals surface area contributed by atoms with Gasteiger partial charge in [0.1, 0.15) is 17.8 Å². The summed E-state index contributed by atoms with van der Waals surface area (Å²) in [6.07, 6.45) is 1.11. The summed E-state index contributed by atoms with van der Waals surface area (Å²) in [7, 11) is -5.73. The van der Waals surface area contributed by atoms with Crippen LogP contribution >= 0.6 is 14.6 Å². The smallest absolute Gasteiger partial charge is 0.206 e. The van der Waals surface area contributed by atoms with Gasteiger partial charge in [-0.15, -0.1) is 0 Å². The van der Waals surface area contributed by atoms with E-state index in [2.05, 4.69) is 85.8 Å². The maximum Gasteiger partial charge on any atom is 0.206 e. The zero-order valence-electron chi connectivity index (χ0n) is 25.2. The van der Waals surface area contributed by atoms with Crippen molar-refractivity contribution in [3.8, 4) is 33.4 Å². The van der Waals surface area contributed by atoms with Crippen molar-refractivity contribution in [2.24, 2.45) is 0 Å². The van der Waals surface area contributed by atoms with Crippen LogP contribution in [0.3, 0.4) is 0 Å². The number of hydrogen-bond acceptors (Lipinski definition) is 2. The van der Waals surface area contributed by atoms with Crippen LogP contribution in [0.15, 0.2) is 158 Å². The van der Waals surface area contributed by atoms with E-state index in [4.69, 9.17) is 0 Å². The fraction of sp³-hybridized carbons (Fsp3) is 0.100. The first kappa shape index (κ1) is 30.0. The van der Waals surface area contributed by atoms with Crippen molar-refractivity contribution in [1.82, 2.24) is 0 Å². The Hall–Kier alpha value is -4.06. The topological polar surface area (TPSA) is 37.3 Å². The van der Waals surface area contributed by atoms with Crippen molar-refractivity contribution in [1.29, 1.82) is 0 Å². The molecule has 0 radical (unpaired) electrons. The van der Waals surface area contributed by atoms with Crippen LogP contribution in [-0.2, 0) is 4.57 Å². The van der Waals surface area contributed by atoms with Gasteiger partial charge in [-0.1, -0.05) is 146 Å². The van der Waals surface area contributed by atoms with E-state index in [-0.39, 0.29) is 0 Å². The molecular formula is C40H37O2P2+. The molecule has 0 amide bonds. The molecule has 0 bridgehead atoms. The van der Waals surface area contributed by atoms with E-state index >= 15 is 4.57 Å². The van der Waals surface area contributed by atoms with Crippen LogP contribution < -0.4 is 21.2 Å². The van der Waals surface area contributed by atoms with Crippen LogP contribution in [0.1, 0.15) is 13.8 Å². The van der Waals surface area contributed by atoms with Gasteiger partial charge in [0.2, 0.25) is 7.49 Å². The maximum atomic E-state index is 15.0. The maximum absolute atomic E-state index is 15.0. The summed E-state index contributed by atoms with van der Waals surface area (Å²) in [5, 5.41) is 3.55. The van der Waals surface area contributed by atoms with Crippen molar-refractivity contribution >= 4 is 35.8 Å². The summed E-state index contributed by atoms with van der Waals surface area (Å²) in [6, 6.07) is 53.3. The molecule has 0 fully saturated rings. The molecule has 0 aromatic heterocycles. The highest BCUT2D eigenvalue weighted by Crippen LogP contribution is 2.54. The third kappa shape index (κ3) is 5.62. The Morgan fingerprint density at radius 3 is 1.52 bits per heavy atom. The van der Waals surface area contributed by atoms with Crippen LogP contribution in [0, 0.1) is 0 Å². The molecule has 0 saturated heterocycles. The molecule has 0 aliphatic heterocycles. The second-order valence-electron chi connectivity index (χ2n) is 11.0. The van der Waals surface area contributed by atoms with Gasteiger partial charge in [0, 0.05) is 22.3 Å². The predicted molar refractivity (Wildman–Crippen MR) is 192 cm³/mol. The van der Waals surface area contributed by atoms with Crippen LogP contribution in [0.4, 0.5) is 0 Å². The molecule has 44 heavy (non-hydrogen) atoms. The monoisotopic (exact) mass is 611 g/mol. The van der Waals surface area contributed by atoms with Crippen LogP contribution in [0.2, 0.25) is 0 Å². The van der Waals surface area contributed by atoms with Crippen LogP contribution in [-0.4, -0.2) is 17.2 Å². The average molecular weight is 612 g/mol. The molecule has 218 valence electrons. The van der Waals surface area contributed by atoms with Gasteiger partial charge in [0.15, 0.2) is 0 Å². The molecule has 2 unspecified atom stereocenters. The van der Waals surface area contributed by atoms with E-state index in [1.54, 1.807) is 0 Å². The van der Waals surface area contributed by atoms with Gasteiger partial charge in [-0.2, -0.15) is 0 Å². The molecule has 6 aromatic carbocycles. The van der Waals surface area contributed by atoms with E-state index in [9.17, 15) is 4.89 Å². The van der Waals surface area contributed by atoms with Gasteiger partial charge in [0.05, 0.1) is 6.16 Å². The molecule has 6 aromatic rings. The Kier molecular flexibility index (Phi) is 8.79. The van der Waals surface area contributed by atoms with E-state index in [1.807, 2.05) is 85.8 Å².